The van der Waals surface area contributed by atoms with Gasteiger partial charge in [0, 0.05) is 12.1 Å². The van der Waals surface area contributed by atoms with E-state index in [0.29, 0.717) is 6.54 Å². The molecule has 6 heteroatoms. The van der Waals surface area contributed by atoms with Gasteiger partial charge in [-0.2, -0.15) is 5.10 Å². The molecular formula is C12H11ClFN3O. The third-order valence-electron chi connectivity index (χ3n) is 2.57. The van der Waals surface area contributed by atoms with E-state index in [-0.39, 0.29) is 27.8 Å². The minimum atomic E-state index is -0.625. The first-order valence-corrected chi connectivity index (χ1v) is 5.73. The number of carbonyl (C=O) groups excluding carboxylic acids is 1. The summed E-state index contributed by atoms with van der Waals surface area (Å²) in [7, 11) is 0. The van der Waals surface area contributed by atoms with E-state index in [9.17, 15) is 9.18 Å². The fraction of sp³-hybridized carbons (Fsp3) is 0.167. The van der Waals surface area contributed by atoms with E-state index in [2.05, 4.69) is 5.10 Å². The van der Waals surface area contributed by atoms with Gasteiger partial charge < -0.3 is 5.73 Å². The first-order chi connectivity index (χ1) is 8.54. The number of aromatic nitrogens is 2. The molecule has 0 saturated carbocycles. The molecule has 1 aromatic carbocycles. The zero-order chi connectivity index (χ0) is 13.3. The molecule has 0 bridgehead atoms. The number of benzene rings is 1. The van der Waals surface area contributed by atoms with Gasteiger partial charge in [-0.1, -0.05) is 11.6 Å². The summed E-state index contributed by atoms with van der Waals surface area (Å²) < 4.78 is 14.8. The molecule has 0 saturated heterocycles. The van der Waals surface area contributed by atoms with Gasteiger partial charge in [0.2, 0.25) is 5.78 Å². The van der Waals surface area contributed by atoms with Crippen LogP contribution in [-0.2, 0) is 6.54 Å². The Morgan fingerprint density at radius 3 is 2.89 bits per heavy atom. The Hall–Kier alpha value is -1.88. The average Bonchev–Trinajstić information content (AvgIpc) is 2.73. The number of hydrogen-bond acceptors (Lipinski definition) is 3. The van der Waals surface area contributed by atoms with Crippen LogP contribution in [0.3, 0.4) is 0 Å². The standard InChI is InChI=1S/C12H11ClFN3O/c1-2-17-11(8(13)6-16-17)12(18)7-3-4-10(15)9(14)5-7/h3-6H,2,15H2,1H3. The number of rotatable bonds is 3. The van der Waals surface area contributed by atoms with Crippen molar-refractivity contribution in [2.45, 2.75) is 13.5 Å². The predicted molar refractivity (Wildman–Crippen MR) is 67.2 cm³/mol. The molecular weight excluding hydrogens is 257 g/mol. The summed E-state index contributed by atoms with van der Waals surface area (Å²) in [5.74, 6) is -1.00. The van der Waals surface area contributed by atoms with Crippen molar-refractivity contribution < 1.29 is 9.18 Å². The van der Waals surface area contributed by atoms with E-state index < -0.39 is 5.82 Å². The van der Waals surface area contributed by atoms with Crippen molar-refractivity contribution in [2.24, 2.45) is 0 Å². The minimum absolute atomic E-state index is 0.00152. The predicted octanol–water partition coefficient (Wildman–Crippen LogP) is 2.51. The number of nitrogens with zero attached hydrogens (tertiary/aromatic N) is 2. The second-order valence-electron chi connectivity index (χ2n) is 3.72. The molecule has 2 N–H and O–H groups in total. The molecule has 0 spiro atoms. The second-order valence-corrected chi connectivity index (χ2v) is 4.13. The van der Waals surface area contributed by atoms with Crippen molar-refractivity contribution in [1.29, 1.82) is 0 Å². The lowest BCUT2D eigenvalue weighted by atomic mass is 10.1. The highest BCUT2D eigenvalue weighted by atomic mass is 35.5. The first-order valence-electron chi connectivity index (χ1n) is 5.35. The Balaban J connectivity index is 2.47. The fourth-order valence-corrected chi connectivity index (χ4v) is 1.86. The van der Waals surface area contributed by atoms with Gasteiger partial charge >= 0.3 is 0 Å². The van der Waals surface area contributed by atoms with Gasteiger partial charge in [-0.25, -0.2) is 4.39 Å². The van der Waals surface area contributed by atoms with Crippen molar-refractivity contribution in [3.05, 3.63) is 46.5 Å². The molecule has 0 fully saturated rings. The van der Waals surface area contributed by atoms with Crippen LogP contribution in [0.4, 0.5) is 10.1 Å². The van der Waals surface area contributed by atoms with Crippen molar-refractivity contribution in [3.63, 3.8) is 0 Å². The monoisotopic (exact) mass is 267 g/mol. The summed E-state index contributed by atoms with van der Waals surface area (Å²) in [6.45, 7) is 2.34. The number of ketones is 1. The van der Waals surface area contributed by atoms with Crippen LogP contribution >= 0.6 is 11.6 Å². The highest BCUT2D eigenvalue weighted by Crippen LogP contribution is 2.21. The molecule has 4 nitrogen and oxygen atoms in total. The van der Waals surface area contributed by atoms with Crippen molar-refractivity contribution in [2.75, 3.05) is 5.73 Å². The normalized spacial score (nSPS) is 10.6. The van der Waals surface area contributed by atoms with Crippen molar-refractivity contribution in [1.82, 2.24) is 9.78 Å². The molecule has 2 aromatic rings. The molecule has 0 aliphatic heterocycles. The first kappa shape index (κ1) is 12.6. The van der Waals surface area contributed by atoms with Gasteiger partial charge in [-0.05, 0) is 25.1 Å². The highest BCUT2D eigenvalue weighted by Gasteiger charge is 2.19. The summed E-state index contributed by atoms with van der Waals surface area (Å²) in [6, 6.07) is 3.91. The lowest BCUT2D eigenvalue weighted by Crippen LogP contribution is -2.11. The molecule has 0 aliphatic rings. The quantitative estimate of drug-likeness (QED) is 0.687. The Morgan fingerprint density at radius 2 is 2.28 bits per heavy atom. The molecule has 18 heavy (non-hydrogen) atoms. The molecule has 0 radical (unpaired) electrons. The number of anilines is 1. The smallest absolute Gasteiger partial charge is 0.212 e. The molecule has 0 unspecified atom stereocenters. The number of nitrogen functional groups attached to an aromatic ring is 1. The topological polar surface area (TPSA) is 60.9 Å². The zero-order valence-corrected chi connectivity index (χ0v) is 10.4. The molecule has 94 valence electrons. The van der Waals surface area contributed by atoms with E-state index in [1.807, 2.05) is 6.92 Å². The van der Waals surface area contributed by atoms with Crippen LogP contribution in [0.15, 0.2) is 24.4 Å². The fourth-order valence-electron chi connectivity index (χ4n) is 1.63. The SMILES string of the molecule is CCn1ncc(Cl)c1C(=O)c1ccc(N)c(F)c1. The van der Waals surface area contributed by atoms with Crippen LogP contribution in [0.25, 0.3) is 0 Å². The lowest BCUT2D eigenvalue weighted by Gasteiger charge is -2.05. The van der Waals surface area contributed by atoms with Crippen LogP contribution in [0.5, 0.6) is 0 Å². The maximum Gasteiger partial charge on any atom is 0.212 e. The number of halogens is 2. The van der Waals surface area contributed by atoms with Gasteiger partial charge in [0.1, 0.15) is 11.5 Å². The summed E-state index contributed by atoms with van der Waals surface area (Å²) in [5.41, 5.74) is 5.81. The zero-order valence-electron chi connectivity index (χ0n) is 9.65. The van der Waals surface area contributed by atoms with Crippen LogP contribution in [0.2, 0.25) is 5.02 Å². The van der Waals surface area contributed by atoms with Gasteiger partial charge in [0.25, 0.3) is 0 Å². The Labute approximate surface area is 108 Å². The van der Waals surface area contributed by atoms with Gasteiger partial charge in [-0.3, -0.25) is 9.48 Å². The maximum absolute atomic E-state index is 13.3. The third kappa shape index (κ3) is 2.09. The van der Waals surface area contributed by atoms with Crippen LogP contribution in [0, 0.1) is 5.82 Å². The molecule has 0 amide bonds. The Bertz CT molecular complexity index is 609. The molecule has 0 aliphatic carbocycles. The number of nitrogens with two attached hydrogens (primary N) is 1. The maximum atomic E-state index is 13.3. The highest BCUT2D eigenvalue weighted by molar-refractivity contribution is 6.34. The van der Waals surface area contributed by atoms with Gasteiger partial charge in [0.15, 0.2) is 0 Å². The summed E-state index contributed by atoms with van der Waals surface area (Å²) in [4.78, 5) is 12.2. The Morgan fingerprint density at radius 1 is 1.56 bits per heavy atom. The average molecular weight is 268 g/mol. The summed E-state index contributed by atoms with van der Waals surface area (Å²) in [6.07, 6.45) is 1.39. The van der Waals surface area contributed by atoms with Crippen LogP contribution < -0.4 is 5.73 Å². The summed E-state index contributed by atoms with van der Waals surface area (Å²) in [5, 5.41) is 4.22. The van der Waals surface area contributed by atoms with Crippen LogP contribution in [0.1, 0.15) is 23.0 Å². The van der Waals surface area contributed by atoms with Crippen molar-refractivity contribution in [3.8, 4) is 0 Å². The number of aryl methyl sites for hydroxylation is 1. The van der Waals surface area contributed by atoms with E-state index in [0.717, 1.165) is 6.07 Å². The molecule has 0 atom stereocenters. The molecule has 1 aromatic heterocycles. The van der Waals surface area contributed by atoms with E-state index in [1.54, 1.807) is 0 Å². The number of hydrogen-bond donors (Lipinski definition) is 1. The summed E-state index contributed by atoms with van der Waals surface area (Å²) >= 11 is 5.92. The van der Waals surface area contributed by atoms with Gasteiger partial charge in [0.05, 0.1) is 16.9 Å². The van der Waals surface area contributed by atoms with Crippen LogP contribution in [-0.4, -0.2) is 15.6 Å². The van der Waals surface area contributed by atoms with Gasteiger partial charge in [-0.15, -0.1) is 0 Å². The Kier molecular flexibility index (Phi) is 3.34. The van der Waals surface area contributed by atoms with E-state index in [4.69, 9.17) is 17.3 Å². The van der Waals surface area contributed by atoms with Crippen molar-refractivity contribution >= 4 is 23.1 Å². The lowest BCUT2D eigenvalue weighted by molar-refractivity contribution is 0.102. The molecule has 1 heterocycles. The van der Waals surface area contributed by atoms with E-state index >= 15 is 0 Å². The van der Waals surface area contributed by atoms with E-state index in [1.165, 1.54) is 23.0 Å². The minimum Gasteiger partial charge on any atom is -0.396 e. The third-order valence-corrected chi connectivity index (χ3v) is 2.85. The largest absolute Gasteiger partial charge is 0.396 e. The number of carbonyl (C=O) groups is 1. The second kappa shape index (κ2) is 4.78. The molecule has 2 rings (SSSR count).